The average Bonchev–Trinajstić information content (AvgIpc) is 3.32. The van der Waals surface area contributed by atoms with Crippen LogP contribution in [0.4, 0.5) is 0 Å². The number of H-pyrrole nitrogens is 2. The van der Waals surface area contributed by atoms with Gasteiger partial charge in [-0.25, -0.2) is 0 Å². The fourth-order valence-corrected chi connectivity index (χ4v) is 4.25. The Hall–Kier alpha value is -3.19. The highest BCUT2D eigenvalue weighted by Gasteiger charge is 2.21. The number of aromatic hydroxyl groups is 2. The Morgan fingerprint density at radius 2 is 1.83 bits per heavy atom. The molecule has 0 radical (unpaired) electrons. The predicted molar refractivity (Wildman–Crippen MR) is 122 cm³/mol. The lowest BCUT2D eigenvalue weighted by Crippen LogP contribution is -2.00. The first-order valence-electron chi connectivity index (χ1n) is 9.91. The molecule has 4 rings (SSSR count). The molecule has 0 aliphatic rings. The molecular weight excluding hydrogens is 398 g/mol. The van der Waals surface area contributed by atoms with Crippen LogP contribution < -0.4 is 4.74 Å². The van der Waals surface area contributed by atoms with E-state index in [1.807, 2.05) is 25.3 Å². The summed E-state index contributed by atoms with van der Waals surface area (Å²) in [5.74, 6) is 0.858. The number of rotatable bonds is 5. The third-order valence-corrected chi connectivity index (χ3v) is 5.82. The standard InChI is InChI=1S/C23H25N3O3S/c1-5-13-10-16(18(28)11-17(13)27)21-20(23(30)25-24-21)14-6-7-19(29-4)22-15(14)8-9-26(22)12(2)3/h6-12,27-28H,5H2,1-4H3,(H2,24,25,30). The third kappa shape index (κ3) is 3.06. The van der Waals surface area contributed by atoms with Gasteiger partial charge in [0, 0.05) is 34.8 Å². The lowest BCUT2D eigenvalue weighted by atomic mass is 9.96. The van der Waals surface area contributed by atoms with Crippen molar-refractivity contribution >= 4 is 23.1 Å². The van der Waals surface area contributed by atoms with Gasteiger partial charge in [0.15, 0.2) is 0 Å². The molecule has 6 nitrogen and oxygen atoms in total. The maximum Gasteiger partial charge on any atom is 0.143 e. The van der Waals surface area contributed by atoms with Crippen molar-refractivity contribution in [3.05, 3.63) is 46.7 Å². The summed E-state index contributed by atoms with van der Waals surface area (Å²) in [6.07, 6.45) is 2.69. The van der Waals surface area contributed by atoms with E-state index >= 15 is 0 Å². The highest BCUT2D eigenvalue weighted by molar-refractivity contribution is 7.71. The van der Waals surface area contributed by atoms with Crippen LogP contribution in [-0.2, 0) is 6.42 Å². The summed E-state index contributed by atoms with van der Waals surface area (Å²) in [6.45, 7) is 6.21. The SMILES string of the molecule is CCc1cc(-c2[nH][nH]c(=S)c2-c2ccc(OC)c3c2ccn3C(C)C)c(O)cc1O. The minimum absolute atomic E-state index is 0.0132. The molecular formula is C23H25N3O3S. The largest absolute Gasteiger partial charge is 0.508 e. The van der Waals surface area contributed by atoms with E-state index in [4.69, 9.17) is 17.0 Å². The molecule has 0 fully saturated rings. The summed E-state index contributed by atoms with van der Waals surface area (Å²) in [4.78, 5) is 0. The highest BCUT2D eigenvalue weighted by Crippen LogP contribution is 2.43. The van der Waals surface area contributed by atoms with Crippen molar-refractivity contribution in [2.45, 2.75) is 33.2 Å². The molecule has 0 saturated heterocycles. The normalized spacial score (nSPS) is 11.5. The Bertz CT molecular complexity index is 1300. The number of methoxy groups -OCH3 is 1. The molecule has 156 valence electrons. The van der Waals surface area contributed by atoms with Crippen LogP contribution in [0.1, 0.15) is 32.4 Å². The smallest absolute Gasteiger partial charge is 0.143 e. The van der Waals surface area contributed by atoms with Crippen molar-refractivity contribution in [2.75, 3.05) is 7.11 Å². The lowest BCUT2D eigenvalue weighted by molar-refractivity contribution is 0.416. The second-order valence-corrected chi connectivity index (χ2v) is 7.98. The number of fused-ring (bicyclic) bond motifs is 1. The molecule has 2 heterocycles. The first kappa shape index (κ1) is 20.1. The number of aryl methyl sites for hydroxylation is 1. The Labute approximate surface area is 179 Å². The van der Waals surface area contributed by atoms with Crippen LogP contribution in [0.5, 0.6) is 17.2 Å². The van der Waals surface area contributed by atoms with Gasteiger partial charge in [0.05, 0.1) is 18.3 Å². The van der Waals surface area contributed by atoms with E-state index in [0.717, 1.165) is 33.3 Å². The first-order chi connectivity index (χ1) is 14.4. The zero-order valence-electron chi connectivity index (χ0n) is 17.4. The Morgan fingerprint density at radius 3 is 2.50 bits per heavy atom. The van der Waals surface area contributed by atoms with Gasteiger partial charge >= 0.3 is 0 Å². The maximum absolute atomic E-state index is 10.6. The van der Waals surface area contributed by atoms with E-state index < -0.39 is 0 Å². The third-order valence-electron chi connectivity index (χ3n) is 5.51. The zero-order valence-corrected chi connectivity index (χ0v) is 18.2. The monoisotopic (exact) mass is 423 g/mol. The molecule has 0 unspecified atom stereocenters. The summed E-state index contributed by atoms with van der Waals surface area (Å²) in [6, 6.07) is 9.42. The van der Waals surface area contributed by atoms with Crippen molar-refractivity contribution in [3.63, 3.8) is 0 Å². The molecule has 4 N–H and O–H groups in total. The maximum atomic E-state index is 10.6. The van der Waals surface area contributed by atoms with Crippen LogP contribution in [0.2, 0.25) is 0 Å². The number of hydrogen-bond donors (Lipinski definition) is 4. The first-order valence-corrected chi connectivity index (χ1v) is 10.3. The van der Waals surface area contributed by atoms with Crippen LogP contribution in [0, 0.1) is 4.64 Å². The van der Waals surface area contributed by atoms with Crippen LogP contribution in [0.3, 0.4) is 0 Å². The van der Waals surface area contributed by atoms with E-state index in [1.54, 1.807) is 13.2 Å². The van der Waals surface area contributed by atoms with Crippen LogP contribution in [0.15, 0.2) is 36.5 Å². The van der Waals surface area contributed by atoms with Crippen molar-refractivity contribution in [3.8, 4) is 39.6 Å². The molecule has 0 spiro atoms. The highest BCUT2D eigenvalue weighted by atomic mass is 32.1. The second kappa shape index (κ2) is 7.57. The number of hydrogen-bond acceptors (Lipinski definition) is 4. The van der Waals surface area contributed by atoms with Gasteiger partial charge in [0.2, 0.25) is 0 Å². The molecule has 0 amide bonds. The van der Waals surface area contributed by atoms with Crippen molar-refractivity contribution in [1.82, 2.24) is 14.8 Å². The summed E-state index contributed by atoms with van der Waals surface area (Å²) in [7, 11) is 1.67. The molecule has 0 aliphatic carbocycles. The average molecular weight is 424 g/mol. The molecule has 0 bridgehead atoms. The number of phenolic OH excluding ortho intramolecular Hbond substituents is 2. The number of nitrogens with zero attached hydrogens (tertiary/aromatic N) is 1. The fraction of sp³-hybridized carbons (Fsp3) is 0.261. The van der Waals surface area contributed by atoms with E-state index in [0.29, 0.717) is 22.3 Å². The van der Waals surface area contributed by atoms with Gasteiger partial charge in [-0.3, -0.25) is 10.2 Å². The predicted octanol–water partition coefficient (Wildman–Crippen LogP) is 5.92. The van der Waals surface area contributed by atoms with Gasteiger partial charge in [0.1, 0.15) is 21.9 Å². The molecule has 0 atom stereocenters. The van der Waals surface area contributed by atoms with Crippen LogP contribution in [0.25, 0.3) is 33.3 Å². The van der Waals surface area contributed by atoms with Gasteiger partial charge in [-0.2, -0.15) is 0 Å². The molecule has 7 heteroatoms. The minimum atomic E-state index is -0.0132. The van der Waals surface area contributed by atoms with Crippen molar-refractivity contribution in [1.29, 1.82) is 0 Å². The molecule has 2 aromatic carbocycles. The lowest BCUT2D eigenvalue weighted by Gasteiger charge is -2.14. The van der Waals surface area contributed by atoms with Crippen molar-refractivity contribution < 1.29 is 14.9 Å². The Kier molecular flexibility index (Phi) is 5.07. The molecule has 2 aromatic heterocycles. The number of ether oxygens (including phenoxy) is 1. The number of nitrogens with one attached hydrogen (secondary N) is 2. The quantitative estimate of drug-likeness (QED) is 0.300. The minimum Gasteiger partial charge on any atom is -0.508 e. The van der Waals surface area contributed by atoms with Gasteiger partial charge in [-0.15, -0.1) is 0 Å². The Balaban J connectivity index is 2.03. The topological polar surface area (TPSA) is 86.2 Å². The van der Waals surface area contributed by atoms with Gasteiger partial charge in [-0.05, 0) is 55.7 Å². The molecule has 0 saturated carbocycles. The Morgan fingerprint density at radius 1 is 1.07 bits per heavy atom. The van der Waals surface area contributed by atoms with Crippen molar-refractivity contribution in [2.24, 2.45) is 0 Å². The molecule has 0 aliphatic heterocycles. The fourth-order valence-electron chi connectivity index (χ4n) is 3.99. The van der Waals surface area contributed by atoms with Gasteiger partial charge in [0.25, 0.3) is 0 Å². The summed E-state index contributed by atoms with van der Waals surface area (Å²) < 4.78 is 8.34. The van der Waals surface area contributed by atoms with Crippen LogP contribution >= 0.6 is 12.2 Å². The number of benzene rings is 2. The summed E-state index contributed by atoms with van der Waals surface area (Å²) in [5, 5.41) is 27.8. The zero-order chi connectivity index (χ0) is 21.6. The number of aromatic nitrogens is 3. The van der Waals surface area contributed by atoms with E-state index in [-0.39, 0.29) is 17.5 Å². The van der Waals surface area contributed by atoms with Gasteiger partial charge < -0.3 is 19.5 Å². The molecule has 30 heavy (non-hydrogen) atoms. The number of aromatic amines is 2. The summed E-state index contributed by atoms with van der Waals surface area (Å²) >= 11 is 5.61. The van der Waals surface area contributed by atoms with Crippen LogP contribution in [-0.4, -0.2) is 32.1 Å². The van der Waals surface area contributed by atoms with E-state index in [1.165, 1.54) is 6.07 Å². The van der Waals surface area contributed by atoms with Gasteiger partial charge in [-0.1, -0.05) is 19.1 Å². The number of phenols is 2. The van der Waals surface area contributed by atoms with E-state index in [2.05, 4.69) is 34.7 Å². The second-order valence-electron chi connectivity index (χ2n) is 7.58. The summed E-state index contributed by atoms with van der Waals surface area (Å²) in [5.41, 5.74) is 4.74. The van der Waals surface area contributed by atoms with E-state index in [9.17, 15) is 10.2 Å². The molecule has 4 aromatic rings.